The summed E-state index contributed by atoms with van der Waals surface area (Å²) in [5, 5.41) is 13.3. The van der Waals surface area contributed by atoms with Crippen LogP contribution in [0.25, 0.3) is 0 Å². The Labute approximate surface area is 129 Å². The summed E-state index contributed by atoms with van der Waals surface area (Å²) in [5.41, 5.74) is -0.0367. The Balaban J connectivity index is 1.83. The third kappa shape index (κ3) is 3.72. The van der Waals surface area contributed by atoms with Crippen molar-refractivity contribution in [2.75, 3.05) is 18.9 Å². The van der Waals surface area contributed by atoms with Crippen LogP contribution in [-0.4, -0.2) is 38.9 Å². The van der Waals surface area contributed by atoms with Crippen molar-refractivity contribution >= 4 is 23.3 Å². The first-order valence-corrected chi connectivity index (χ1v) is 9.31. The van der Waals surface area contributed by atoms with Gasteiger partial charge in [0.25, 0.3) is 0 Å². The molecule has 114 valence electrons. The lowest BCUT2D eigenvalue weighted by Gasteiger charge is -2.34. The standard InChI is InChI=1S/C14H25N3OS2/c1-3-12-16-13(20-17-12)19-9-7-11-6-5-8-14(11,10-18)15-4-2/h11,15,18H,3-10H2,1-2H3. The number of rotatable bonds is 8. The molecule has 0 aliphatic heterocycles. The fourth-order valence-corrected chi connectivity index (χ4v) is 4.96. The monoisotopic (exact) mass is 315 g/mol. The average molecular weight is 316 g/mol. The molecular formula is C14H25N3OS2. The topological polar surface area (TPSA) is 58.0 Å². The molecule has 0 radical (unpaired) electrons. The van der Waals surface area contributed by atoms with Crippen molar-refractivity contribution in [3.8, 4) is 0 Å². The summed E-state index contributed by atoms with van der Waals surface area (Å²) in [6.45, 7) is 5.39. The van der Waals surface area contributed by atoms with Gasteiger partial charge in [0.2, 0.25) is 0 Å². The lowest BCUT2D eigenvalue weighted by Crippen LogP contribution is -2.51. The Kier molecular flexibility index (Phi) is 6.26. The number of aliphatic hydroxyl groups excluding tert-OH is 1. The molecule has 0 amide bonds. The van der Waals surface area contributed by atoms with Gasteiger partial charge >= 0.3 is 0 Å². The number of hydrogen-bond acceptors (Lipinski definition) is 6. The van der Waals surface area contributed by atoms with Gasteiger partial charge in [-0.05, 0) is 43.3 Å². The normalized spacial score (nSPS) is 26.2. The lowest BCUT2D eigenvalue weighted by molar-refractivity contribution is 0.124. The second-order valence-corrected chi connectivity index (χ2v) is 7.49. The minimum atomic E-state index is -0.0367. The Morgan fingerprint density at radius 2 is 2.35 bits per heavy atom. The number of aromatic nitrogens is 2. The highest BCUT2D eigenvalue weighted by Gasteiger charge is 2.41. The molecule has 1 saturated carbocycles. The first-order chi connectivity index (χ1) is 9.74. The molecule has 2 atom stereocenters. The van der Waals surface area contributed by atoms with E-state index in [2.05, 4.69) is 28.5 Å². The van der Waals surface area contributed by atoms with Crippen molar-refractivity contribution in [3.05, 3.63) is 5.82 Å². The second kappa shape index (κ2) is 7.73. The van der Waals surface area contributed by atoms with E-state index in [-0.39, 0.29) is 12.1 Å². The van der Waals surface area contributed by atoms with Crippen molar-refractivity contribution in [2.24, 2.45) is 5.92 Å². The average Bonchev–Trinajstić information content (AvgIpc) is 3.07. The summed E-state index contributed by atoms with van der Waals surface area (Å²) >= 11 is 3.32. The third-order valence-electron chi connectivity index (χ3n) is 4.23. The molecule has 1 heterocycles. The molecule has 0 saturated heterocycles. The van der Waals surface area contributed by atoms with Gasteiger partial charge in [0.05, 0.1) is 6.61 Å². The molecule has 0 spiro atoms. The van der Waals surface area contributed by atoms with Gasteiger partial charge in [-0.3, -0.25) is 0 Å². The molecule has 4 nitrogen and oxygen atoms in total. The smallest absolute Gasteiger partial charge is 0.170 e. The SMILES string of the molecule is CCNC1(CO)CCCC1CCSc1nc(CC)ns1. The first-order valence-electron chi connectivity index (χ1n) is 7.55. The fraction of sp³-hybridized carbons (Fsp3) is 0.857. The predicted molar refractivity (Wildman–Crippen MR) is 85.5 cm³/mol. The molecule has 6 heteroatoms. The summed E-state index contributed by atoms with van der Waals surface area (Å²) in [4.78, 5) is 4.49. The van der Waals surface area contributed by atoms with E-state index in [0.717, 1.165) is 41.7 Å². The number of nitrogens with one attached hydrogen (secondary N) is 1. The molecule has 0 aromatic carbocycles. The Morgan fingerprint density at radius 1 is 1.50 bits per heavy atom. The molecule has 1 aromatic heterocycles. The molecule has 0 bridgehead atoms. The van der Waals surface area contributed by atoms with E-state index < -0.39 is 0 Å². The number of likely N-dealkylation sites (N-methyl/N-ethyl adjacent to an activating group) is 1. The third-order valence-corrected chi connectivity index (χ3v) is 6.13. The Hall–Kier alpha value is -0.170. The molecule has 1 aliphatic carbocycles. The maximum Gasteiger partial charge on any atom is 0.170 e. The van der Waals surface area contributed by atoms with Gasteiger partial charge in [-0.1, -0.05) is 32.0 Å². The van der Waals surface area contributed by atoms with Crippen molar-refractivity contribution in [1.82, 2.24) is 14.7 Å². The molecule has 1 aromatic rings. The van der Waals surface area contributed by atoms with Crippen LogP contribution in [-0.2, 0) is 6.42 Å². The summed E-state index contributed by atoms with van der Waals surface area (Å²) in [7, 11) is 0. The molecule has 2 unspecified atom stereocenters. The molecular weight excluding hydrogens is 290 g/mol. The second-order valence-electron chi connectivity index (χ2n) is 5.40. The quantitative estimate of drug-likeness (QED) is 0.722. The highest BCUT2D eigenvalue weighted by molar-refractivity contribution is 8.00. The largest absolute Gasteiger partial charge is 0.394 e. The van der Waals surface area contributed by atoms with Crippen LogP contribution >= 0.6 is 23.3 Å². The fourth-order valence-electron chi connectivity index (χ4n) is 3.14. The number of aliphatic hydroxyl groups is 1. The first kappa shape index (κ1) is 16.2. The van der Waals surface area contributed by atoms with Gasteiger partial charge < -0.3 is 10.4 Å². The van der Waals surface area contributed by atoms with Crippen molar-refractivity contribution in [1.29, 1.82) is 0 Å². The molecule has 1 aliphatic rings. The van der Waals surface area contributed by atoms with Gasteiger partial charge in [-0.15, -0.1) is 0 Å². The van der Waals surface area contributed by atoms with Crippen LogP contribution < -0.4 is 5.32 Å². The van der Waals surface area contributed by atoms with Gasteiger partial charge in [0.15, 0.2) is 4.34 Å². The van der Waals surface area contributed by atoms with Crippen LogP contribution in [0.1, 0.15) is 45.4 Å². The lowest BCUT2D eigenvalue weighted by atomic mass is 9.86. The van der Waals surface area contributed by atoms with E-state index in [1.165, 1.54) is 24.4 Å². The summed E-state index contributed by atoms with van der Waals surface area (Å²) in [6.07, 6.45) is 5.60. The minimum Gasteiger partial charge on any atom is -0.394 e. The van der Waals surface area contributed by atoms with Crippen molar-refractivity contribution in [2.45, 2.75) is 55.8 Å². The number of thioether (sulfide) groups is 1. The van der Waals surface area contributed by atoms with E-state index in [1.54, 1.807) is 0 Å². The summed E-state index contributed by atoms with van der Waals surface area (Å²) in [6, 6.07) is 0. The van der Waals surface area contributed by atoms with E-state index in [0.29, 0.717) is 5.92 Å². The molecule has 1 fully saturated rings. The van der Waals surface area contributed by atoms with Crippen LogP contribution in [0.15, 0.2) is 4.34 Å². The highest BCUT2D eigenvalue weighted by atomic mass is 32.2. The molecule has 2 N–H and O–H groups in total. The van der Waals surface area contributed by atoms with Crippen LogP contribution in [0.3, 0.4) is 0 Å². The number of hydrogen-bond donors (Lipinski definition) is 2. The molecule has 20 heavy (non-hydrogen) atoms. The van der Waals surface area contributed by atoms with Gasteiger partial charge in [0.1, 0.15) is 5.82 Å². The van der Waals surface area contributed by atoms with Crippen LogP contribution in [0, 0.1) is 5.92 Å². The van der Waals surface area contributed by atoms with Crippen molar-refractivity contribution < 1.29 is 5.11 Å². The minimum absolute atomic E-state index is 0.0367. The van der Waals surface area contributed by atoms with Gasteiger partial charge in [-0.2, -0.15) is 4.37 Å². The predicted octanol–water partition coefficient (Wildman–Crippen LogP) is 2.72. The van der Waals surface area contributed by atoms with Gasteiger partial charge in [0, 0.05) is 17.7 Å². The zero-order valence-electron chi connectivity index (χ0n) is 12.4. The Bertz CT molecular complexity index is 413. The Morgan fingerprint density at radius 3 is 3.00 bits per heavy atom. The van der Waals surface area contributed by atoms with E-state index >= 15 is 0 Å². The number of aryl methyl sites for hydroxylation is 1. The van der Waals surface area contributed by atoms with Crippen LogP contribution in [0.4, 0.5) is 0 Å². The van der Waals surface area contributed by atoms with Crippen LogP contribution in [0.5, 0.6) is 0 Å². The maximum atomic E-state index is 9.78. The summed E-state index contributed by atoms with van der Waals surface area (Å²) in [5.74, 6) is 2.60. The van der Waals surface area contributed by atoms with Crippen LogP contribution in [0.2, 0.25) is 0 Å². The van der Waals surface area contributed by atoms with Crippen molar-refractivity contribution in [3.63, 3.8) is 0 Å². The molecule has 2 rings (SSSR count). The maximum absolute atomic E-state index is 9.78. The van der Waals surface area contributed by atoms with Gasteiger partial charge in [-0.25, -0.2) is 4.98 Å². The number of nitrogens with zero attached hydrogens (tertiary/aromatic N) is 2. The zero-order valence-corrected chi connectivity index (χ0v) is 14.0. The summed E-state index contributed by atoms with van der Waals surface area (Å²) < 4.78 is 5.40. The highest BCUT2D eigenvalue weighted by Crippen LogP contribution is 2.39. The van der Waals surface area contributed by atoms with E-state index in [9.17, 15) is 5.11 Å². The zero-order chi connectivity index (χ0) is 14.4. The van der Waals surface area contributed by atoms with E-state index in [1.807, 2.05) is 11.8 Å². The van der Waals surface area contributed by atoms with E-state index in [4.69, 9.17) is 0 Å².